The Bertz CT molecular complexity index is 428. The molecule has 0 heterocycles. The third-order valence-corrected chi connectivity index (χ3v) is 4.30. The van der Waals surface area contributed by atoms with Crippen LogP contribution in [0.4, 0.5) is 4.39 Å². The van der Waals surface area contributed by atoms with Crippen molar-refractivity contribution in [3.05, 3.63) is 35.6 Å². The van der Waals surface area contributed by atoms with Gasteiger partial charge in [0.05, 0.1) is 0 Å². The van der Waals surface area contributed by atoms with Crippen molar-refractivity contribution in [3.63, 3.8) is 0 Å². The highest BCUT2D eigenvalue weighted by molar-refractivity contribution is 5.86. The Kier molecular flexibility index (Phi) is 2.73. The van der Waals surface area contributed by atoms with E-state index in [2.05, 4.69) is 0 Å². The Morgan fingerprint density at radius 3 is 2.59 bits per heavy atom. The van der Waals surface area contributed by atoms with Gasteiger partial charge in [-0.1, -0.05) is 25.0 Å². The molecule has 1 aromatic rings. The lowest BCUT2D eigenvalue weighted by Gasteiger charge is -2.04. The highest BCUT2D eigenvalue weighted by Crippen LogP contribution is 2.55. The number of fused-ring (bicyclic) bond motifs is 1. The lowest BCUT2D eigenvalue weighted by molar-refractivity contribution is -0.120. The molecule has 90 valence electrons. The van der Waals surface area contributed by atoms with Crippen molar-refractivity contribution in [2.75, 3.05) is 0 Å². The summed E-state index contributed by atoms with van der Waals surface area (Å²) in [7, 11) is 0. The highest BCUT2D eigenvalue weighted by Gasteiger charge is 2.53. The van der Waals surface area contributed by atoms with E-state index < -0.39 is 0 Å². The standard InChI is InChI=1S/C15H17FO/c16-11-5-3-4-10(8-11)9-14(17)15-12-6-1-2-7-13(12)15/h3-5,8,12-13,15H,1-2,6-7,9H2. The normalized spacial score (nSPS) is 30.8. The van der Waals surface area contributed by atoms with E-state index in [1.807, 2.05) is 6.07 Å². The number of Topliss-reactive ketones (excluding diaryl/α,β-unsaturated/α-hetero) is 1. The van der Waals surface area contributed by atoms with Crippen LogP contribution in [0.1, 0.15) is 31.2 Å². The van der Waals surface area contributed by atoms with Crippen LogP contribution in [0.25, 0.3) is 0 Å². The van der Waals surface area contributed by atoms with Gasteiger partial charge < -0.3 is 0 Å². The van der Waals surface area contributed by atoms with E-state index in [1.54, 1.807) is 6.07 Å². The van der Waals surface area contributed by atoms with E-state index in [0.717, 1.165) is 5.56 Å². The smallest absolute Gasteiger partial charge is 0.140 e. The van der Waals surface area contributed by atoms with Crippen molar-refractivity contribution in [2.45, 2.75) is 32.1 Å². The summed E-state index contributed by atoms with van der Waals surface area (Å²) in [4.78, 5) is 12.1. The number of hydrogen-bond acceptors (Lipinski definition) is 1. The average Bonchev–Trinajstić information content (AvgIpc) is 3.03. The van der Waals surface area contributed by atoms with Crippen molar-refractivity contribution in [1.29, 1.82) is 0 Å². The van der Waals surface area contributed by atoms with E-state index in [0.29, 0.717) is 30.0 Å². The molecule has 0 aromatic heterocycles. The van der Waals surface area contributed by atoms with Crippen LogP contribution in [0.15, 0.2) is 24.3 Å². The van der Waals surface area contributed by atoms with Gasteiger partial charge in [-0.2, -0.15) is 0 Å². The largest absolute Gasteiger partial charge is 0.299 e. The van der Waals surface area contributed by atoms with Gasteiger partial charge in [-0.05, 0) is 42.4 Å². The van der Waals surface area contributed by atoms with Gasteiger partial charge in [-0.3, -0.25) is 4.79 Å². The monoisotopic (exact) mass is 232 g/mol. The quantitative estimate of drug-likeness (QED) is 0.780. The Balaban J connectivity index is 1.64. The fourth-order valence-electron chi connectivity index (χ4n) is 3.44. The summed E-state index contributed by atoms with van der Waals surface area (Å²) >= 11 is 0. The Labute approximate surface area is 101 Å². The fourth-order valence-corrected chi connectivity index (χ4v) is 3.44. The summed E-state index contributed by atoms with van der Waals surface area (Å²) < 4.78 is 13.0. The van der Waals surface area contributed by atoms with E-state index >= 15 is 0 Å². The van der Waals surface area contributed by atoms with Gasteiger partial charge in [-0.25, -0.2) is 4.39 Å². The van der Waals surface area contributed by atoms with Crippen LogP contribution in [-0.4, -0.2) is 5.78 Å². The number of benzene rings is 1. The summed E-state index contributed by atoms with van der Waals surface area (Å²) in [6, 6.07) is 6.42. The van der Waals surface area contributed by atoms with Crippen LogP contribution in [-0.2, 0) is 11.2 Å². The average molecular weight is 232 g/mol. The third kappa shape index (κ3) is 2.13. The molecule has 0 spiro atoms. The van der Waals surface area contributed by atoms with Crippen molar-refractivity contribution in [3.8, 4) is 0 Å². The molecule has 2 aliphatic rings. The van der Waals surface area contributed by atoms with Gasteiger partial charge in [0.2, 0.25) is 0 Å². The third-order valence-electron chi connectivity index (χ3n) is 4.30. The molecular formula is C15H17FO. The number of ketones is 1. The van der Waals surface area contributed by atoms with Gasteiger partial charge in [0, 0.05) is 12.3 Å². The van der Waals surface area contributed by atoms with Crippen LogP contribution >= 0.6 is 0 Å². The molecular weight excluding hydrogens is 215 g/mol. The van der Waals surface area contributed by atoms with E-state index in [4.69, 9.17) is 0 Å². The first-order chi connectivity index (χ1) is 8.25. The molecule has 17 heavy (non-hydrogen) atoms. The van der Waals surface area contributed by atoms with Gasteiger partial charge in [0.25, 0.3) is 0 Å². The zero-order valence-electron chi connectivity index (χ0n) is 9.86. The van der Waals surface area contributed by atoms with Gasteiger partial charge in [0.15, 0.2) is 0 Å². The maximum absolute atomic E-state index is 13.0. The van der Waals surface area contributed by atoms with Crippen LogP contribution in [0, 0.1) is 23.6 Å². The molecule has 2 unspecified atom stereocenters. The Morgan fingerprint density at radius 2 is 1.94 bits per heavy atom. The van der Waals surface area contributed by atoms with Crippen LogP contribution in [0.5, 0.6) is 0 Å². The van der Waals surface area contributed by atoms with E-state index in [-0.39, 0.29) is 5.82 Å². The molecule has 2 heteroatoms. The number of carbonyl (C=O) groups is 1. The first kappa shape index (κ1) is 10.9. The van der Waals surface area contributed by atoms with Crippen LogP contribution in [0.2, 0.25) is 0 Å². The minimum atomic E-state index is -0.247. The molecule has 0 aliphatic heterocycles. The minimum absolute atomic E-state index is 0.247. The molecule has 1 aromatic carbocycles. The zero-order chi connectivity index (χ0) is 11.8. The number of rotatable bonds is 3. The van der Waals surface area contributed by atoms with E-state index in [1.165, 1.54) is 37.8 Å². The maximum atomic E-state index is 13.0. The summed E-state index contributed by atoms with van der Waals surface area (Å²) in [5.41, 5.74) is 0.818. The number of hydrogen-bond donors (Lipinski definition) is 0. The Hall–Kier alpha value is -1.18. The van der Waals surface area contributed by atoms with Crippen LogP contribution < -0.4 is 0 Å². The molecule has 0 saturated heterocycles. The van der Waals surface area contributed by atoms with Crippen molar-refractivity contribution >= 4 is 5.78 Å². The molecule has 2 fully saturated rings. The van der Waals surface area contributed by atoms with Gasteiger partial charge >= 0.3 is 0 Å². The number of carbonyl (C=O) groups excluding carboxylic acids is 1. The van der Waals surface area contributed by atoms with Crippen molar-refractivity contribution in [1.82, 2.24) is 0 Å². The number of halogens is 1. The van der Waals surface area contributed by atoms with E-state index in [9.17, 15) is 9.18 Å². The molecule has 0 radical (unpaired) electrons. The van der Waals surface area contributed by atoms with Gasteiger partial charge in [-0.15, -0.1) is 0 Å². The second-order valence-corrected chi connectivity index (χ2v) is 5.41. The molecule has 2 saturated carbocycles. The highest BCUT2D eigenvalue weighted by atomic mass is 19.1. The topological polar surface area (TPSA) is 17.1 Å². The summed E-state index contributed by atoms with van der Waals surface area (Å²) in [5.74, 6) is 1.69. The van der Waals surface area contributed by atoms with Crippen molar-refractivity contribution in [2.24, 2.45) is 17.8 Å². The fraction of sp³-hybridized carbons (Fsp3) is 0.533. The Morgan fingerprint density at radius 1 is 1.24 bits per heavy atom. The minimum Gasteiger partial charge on any atom is -0.299 e. The molecule has 0 bridgehead atoms. The molecule has 1 nitrogen and oxygen atoms in total. The summed E-state index contributed by atoms with van der Waals surface area (Å²) in [5, 5.41) is 0. The zero-order valence-corrected chi connectivity index (χ0v) is 9.86. The van der Waals surface area contributed by atoms with Crippen molar-refractivity contribution < 1.29 is 9.18 Å². The molecule has 0 amide bonds. The maximum Gasteiger partial charge on any atom is 0.140 e. The first-order valence-corrected chi connectivity index (χ1v) is 6.53. The lowest BCUT2D eigenvalue weighted by atomic mass is 10.0. The molecule has 2 atom stereocenters. The van der Waals surface area contributed by atoms with Gasteiger partial charge in [0.1, 0.15) is 11.6 Å². The van der Waals surface area contributed by atoms with Crippen LogP contribution in [0.3, 0.4) is 0 Å². The molecule has 0 N–H and O–H groups in total. The predicted molar refractivity (Wildman–Crippen MR) is 64.0 cm³/mol. The SMILES string of the molecule is O=C(Cc1cccc(F)c1)C1C2CCCCC21. The summed E-state index contributed by atoms with van der Waals surface area (Å²) in [6.45, 7) is 0. The molecule has 3 rings (SSSR count). The second kappa shape index (κ2) is 4.25. The lowest BCUT2D eigenvalue weighted by Crippen LogP contribution is -2.07. The second-order valence-electron chi connectivity index (χ2n) is 5.41. The first-order valence-electron chi connectivity index (χ1n) is 6.53. The predicted octanol–water partition coefficient (Wildman–Crippen LogP) is 3.37. The molecule has 2 aliphatic carbocycles. The summed E-state index contributed by atoms with van der Waals surface area (Å²) in [6.07, 6.45) is 5.43.